The van der Waals surface area contributed by atoms with Gasteiger partial charge in [-0.3, -0.25) is 0 Å². The van der Waals surface area contributed by atoms with Gasteiger partial charge in [-0.15, -0.1) is 11.6 Å². The van der Waals surface area contributed by atoms with E-state index in [1.165, 1.54) is 12.3 Å². The van der Waals surface area contributed by atoms with Crippen LogP contribution in [0.4, 0.5) is 0 Å². The minimum Gasteiger partial charge on any atom is -0.389 e. The van der Waals surface area contributed by atoms with Gasteiger partial charge in [0, 0.05) is 11.8 Å². The summed E-state index contributed by atoms with van der Waals surface area (Å²) < 4.78 is 0. The van der Waals surface area contributed by atoms with Crippen molar-refractivity contribution in [2.75, 3.05) is 5.88 Å². The summed E-state index contributed by atoms with van der Waals surface area (Å²) in [4.78, 5) is 3.72. The average Bonchev–Trinajstić information content (AvgIpc) is 2.27. The van der Waals surface area contributed by atoms with Crippen molar-refractivity contribution in [3.05, 3.63) is 28.5 Å². The maximum atomic E-state index is 9.62. The van der Waals surface area contributed by atoms with E-state index in [1.807, 2.05) is 6.07 Å². The van der Waals surface area contributed by atoms with Gasteiger partial charge >= 0.3 is 0 Å². The SMILES string of the molecule is N#Cc1cnc(Cl)c(C(O)C(O)CCl)c1. The summed E-state index contributed by atoms with van der Waals surface area (Å²) in [5.41, 5.74) is 0.457. The van der Waals surface area contributed by atoms with Crippen LogP contribution in [0.1, 0.15) is 17.2 Å². The molecule has 2 N–H and O–H groups in total. The fourth-order valence-electron chi connectivity index (χ4n) is 1.03. The summed E-state index contributed by atoms with van der Waals surface area (Å²) in [6, 6.07) is 3.23. The van der Waals surface area contributed by atoms with E-state index >= 15 is 0 Å². The van der Waals surface area contributed by atoms with Crippen LogP contribution < -0.4 is 0 Å². The number of rotatable bonds is 3. The number of nitrogens with zero attached hydrogens (tertiary/aromatic N) is 2. The molecule has 15 heavy (non-hydrogen) atoms. The van der Waals surface area contributed by atoms with Gasteiger partial charge in [0.05, 0.1) is 17.5 Å². The number of nitriles is 1. The van der Waals surface area contributed by atoms with Gasteiger partial charge in [-0.05, 0) is 6.07 Å². The molecule has 0 bridgehead atoms. The third-order valence-corrected chi connectivity index (χ3v) is 2.47. The van der Waals surface area contributed by atoms with Gasteiger partial charge in [0.15, 0.2) is 0 Å². The Balaban J connectivity index is 3.07. The van der Waals surface area contributed by atoms with Crippen molar-refractivity contribution in [3.8, 4) is 6.07 Å². The van der Waals surface area contributed by atoms with E-state index in [-0.39, 0.29) is 22.2 Å². The van der Waals surface area contributed by atoms with E-state index < -0.39 is 12.2 Å². The third kappa shape index (κ3) is 2.80. The number of aliphatic hydroxyl groups is 2. The molecular weight excluding hydrogens is 239 g/mol. The van der Waals surface area contributed by atoms with Crippen molar-refractivity contribution in [1.29, 1.82) is 5.26 Å². The second-order valence-corrected chi connectivity index (χ2v) is 3.55. The van der Waals surface area contributed by atoms with Crippen molar-refractivity contribution < 1.29 is 10.2 Å². The Morgan fingerprint density at radius 1 is 1.53 bits per heavy atom. The van der Waals surface area contributed by atoms with Gasteiger partial charge in [0.2, 0.25) is 0 Å². The van der Waals surface area contributed by atoms with Crippen LogP contribution >= 0.6 is 23.2 Å². The first-order valence-corrected chi connectivity index (χ1v) is 4.99. The minimum atomic E-state index is -1.24. The molecule has 0 amide bonds. The Morgan fingerprint density at radius 2 is 2.20 bits per heavy atom. The van der Waals surface area contributed by atoms with Gasteiger partial charge in [0.1, 0.15) is 17.3 Å². The molecule has 0 saturated carbocycles. The fraction of sp³-hybridized carbons (Fsp3) is 0.333. The maximum Gasteiger partial charge on any atom is 0.134 e. The highest BCUT2D eigenvalue weighted by molar-refractivity contribution is 6.30. The molecule has 2 unspecified atom stereocenters. The van der Waals surface area contributed by atoms with Gasteiger partial charge in [-0.2, -0.15) is 5.26 Å². The number of aromatic nitrogens is 1. The molecule has 80 valence electrons. The molecule has 1 aromatic rings. The summed E-state index contributed by atoms with van der Waals surface area (Å²) >= 11 is 11.1. The molecule has 0 spiro atoms. The summed E-state index contributed by atoms with van der Waals surface area (Å²) in [6.45, 7) is 0. The Morgan fingerprint density at radius 3 is 2.73 bits per heavy atom. The first-order valence-electron chi connectivity index (χ1n) is 4.07. The largest absolute Gasteiger partial charge is 0.389 e. The first kappa shape index (κ1) is 12.2. The molecule has 0 aliphatic rings. The Hall–Kier alpha value is -0.860. The normalized spacial score (nSPS) is 14.3. The van der Waals surface area contributed by atoms with Crippen LogP contribution in [-0.2, 0) is 0 Å². The average molecular weight is 247 g/mol. The maximum absolute atomic E-state index is 9.62. The fourth-order valence-corrected chi connectivity index (χ4v) is 1.41. The Kier molecular flexibility index (Phi) is 4.30. The van der Waals surface area contributed by atoms with Gasteiger partial charge in [-0.1, -0.05) is 11.6 Å². The zero-order valence-corrected chi connectivity index (χ0v) is 9.07. The third-order valence-electron chi connectivity index (χ3n) is 1.84. The van der Waals surface area contributed by atoms with Crippen molar-refractivity contribution >= 4 is 23.2 Å². The molecule has 0 aliphatic heterocycles. The molecule has 0 radical (unpaired) electrons. The molecule has 0 saturated heterocycles. The van der Waals surface area contributed by atoms with E-state index in [0.29, 0.717) is 0 Å². The number of pyridine rings is 1. The summed E-state index contributed by atoms with van der Waals surface area (Å²) in [7, 11) is 0. The molecular formula is C9H8Cl2N2O2. The van der Waals surface area contributed by atoms with Crippen molar-refractivity contribution in [3.63, 3.8) is 0 Å². The topological polar surface area (TPSA) is 77.1 Å². The van der Waals surface area contributed by atoms with Gasteiger partial charge in [0.25, 0.3) is 0 Å². The number of hydrogen-bond acceptors (Lipinski definition) is 4. The monoisotopic (exact) mass is 246 g/mol. The molecule has 1 rings (SSSR count). The molecule has 0 aliphatic carbocycles. The van der Waals surface area contributed by atoms with Crippen LogP contribution in [0.15, 0.2) is 12.3 Å². The molecule has 1 aromatic heterocycles. The predicted octanol–water partition coefficient (Wildman–Crippen LogP) is 1.24. The molecule has 4 nitrogen and oxygen atoms in total. The number of hydrogen-bond donors (Lipinski definition) is 2. The lowest BCUT2D eigenvalue weighted by Crippen LogP contribution is -2.20. The van der Waals surface area contributed by atoms with E-state index in [9.17, 15) is 10.2 Å². The second kappa shape index (κ2) is 5.29. The number of halogens is 2. The second-order valence-electron chi connectivity index (χ2n) is 2.88. The highest BCUT2D eigenvalue weighted by Crippen LogP contribution is 2.24. The van der Waals surface area contributed by atoms with Gasteiger partial charge in [-0.25, -0.2) is 4.98 Å². The molecule has 2 atom stereocenters. The van der Waals surface area contributed by atoms with Crippen molar-refractivity contribution in [1.82, 2.24) is 4.98 Å². The van der Waals surface area contributed by atoms with E-state index in [0.717, 1.165) is 0 Å². The van der Waals surface area contributed by atoms with E-state index in [1.54, 1.807) is 0 Å². The lowest BCUT2D eigenvalue weighted by Gasteiger charge is -2.16. The van der Waals surface area contributed by atoms with Crippen LogP contribution in [0.5, 0.6) is 0 Å². The Bertz CT molecular complexity index is 392. The van der Waals surface area contributed by atoms with Gasteiger partial charge < -0.3 is 10.2 Å². The summed E-state index contributed by atoms with van der Waals surface area (Å²) in [6.07, 6.45) is -1.10. The van der Waals surface area contributed by atoms with Crippen LogP contribution in [-0.4, -0.2) is 27.2 Å². The van der Waals surface area contributed by atoms with Crippen molar-refractivity contribution in [2.24, 2.45) is 0 Å². The van der Waals surface area contributed by atoms with Crippen LogP contribution in [0, 0.1) is 11.3 Å². The summed E-state index contributed by atoms with van der Waals surface area (Å²) in [5.74, 6) is -0.131. The quantitative estimate of drug-likeness (QED) is 0.622. The van der Waals surface area contributed by atoms with E-state index in [2.05, 4.69) is 4.98 Å². The highest BCUT2D eigenvalue weighted by atomic mass is 35.5. The zero-order chi connectivity index (χ0) is 11.4. The van der Waals surface area contributed by atoms with E-state index in [4.69, 9.17) is 28.5 Å². The molecule has 0 aromatic carbocycles. The number of alkyl halides is 1. The zero-order valence-electron chi connectivity index (χ0n) is 7.56. The van der Waals surface area contributed by atoms with Crippen LogP contribution in [0.2, 0.25) is 5.15 Å². The molecule has 1 heterocycles. The predicted molar refractivity (Wildman–Crippen MR) is 55.6 cm³/mol. The minimum absolute atomic E-state index is 0.0469. The summed E-state index contributed by atoms with van der Waals surface area (Å²) in [5, 5.41) is 27.6. The standard InChI is InChI=1S/C9H8Cl2N2O2/c10-2-7(14)8(15)6-1-5(3-12)4-13-9(6)11/h1,4,7-8,14-15H,2H2. The number of aliphatic hydroxyl groups excluding tert-OH is 2. The van der Waals surface area contributed by atoms with Crippen molar-refractivity contribution in [2.45, 2.75) is 12.2 Å². The smallest absolute Gasteiger partial charge is 0.134 e. The lowest BCUT2D eigenvalue weighted by molar-refractivity contribution is 0.0325. The lowest BCUT2D eigenvalue weighted by atomic mass is 10.1. The van der Waals surface area contributed by atoms with Crippen LogP contribution in [0.3, 0.4) is 0 Å². The Labute approximate surface area is 96.7 Å². The first-order chi connectivity index (χ1) is 7.10. The molecule has 6 heteroatoms. The highest BCUT2D eigenvalue weighted by Gasteiger charge is 2.21. The van der Waals surface area contributed by atoms with Crippen LogP contribution in [0.25, 0.3) is 0 Å². The molecule has 0 fully saturated rings.